The average molecular weight is 278 g/mol. The summed E-state index contributed by atoms with van der Waals surface area (Å²) in [7, 11) is 0. The molecule has 3 rings (SSSR count). The van der Waals surface area contributed by atoms with Crippen molar-refractivity contribution in [2.75, 3.05) is 26.2 Å². The number of hydrogen-bond donors (Lipinski definition) is 1. The lowest BCUT2D eigenvalue weighted by Crippen LogP contribution is -2.50. The fourth-order valence-corrected chi connectivity index (χ4v) is 2.96. The Balaban J connectivity index is 1.52. The zero-order chi connectivity index (χ0) is 13.9. The summed E-state index contributed by atoms with van der Waals surface area (Å²) < 4.78 is 19.2. The first-order valence-corrected chi connectivity index (χ1v) is 7.12. The molecule has 0 aliphatic carbocycles. The minimum atomic E-state index is -0.492. The van der Waals surface area contributed by atoms with Gasteiger partial charge >= 0.3 is 0 Å². The molecular formula is C15H19FN2O2. The highest BCUT2D eigenvalue weighted by Crippen LogP contribution is 2.22. The van der Waals surface area contributed by atoms with Crippen molar-refractivity contribution < 1.29 is 13.9 Å². The first-order valence-electron chi connectivity index (χ1n) is 7.12. The van der Waals surface area contributed by atoms with Crippen LogP contribution in [0, 0.1) is 5.82 Å². The van der Waals surface area contributed by atoms with E-state index in [1.807, 2.05) is 0 Å². The van der Waals surface area contributed by atoms with E-state index in [1.165, 1.54) is 25.0 Å². The van der Waals surface area contributed by atoms with Gasteiger partial charge in [-0.1, -0.05) is 12.1 Å². The number of fused-ring (bicyclic) bond motifs is 1. The van der Waals surface area contributed by atoms with E-state index in [9.17, 15) is 9.18 Å². The number of ether oxygens (including phenoxy) is 1. The summed E-state index contributed by atoms with van der Waals surface area (Å²) in [5.41, 5.74) is 0.0855. The van der Waals surface area contributed by atoms with Crippen molar-refractivity contribution in [3.63, 3.8) is 0 Å². The number of benzene rings is 1. The van der Waals surface area contributed by atoms with Crippen LogP contribution < -0.4 is 5.32 Å². The zero-order valence-corrected chi connectivity index (χ0v) is 11.3. The van der Waals surface area contributed by atoms with Crippen LogP contribution in [0.25, 0.3) is 0 Å². The number of carbonyl (C=O) groups excluding carboxylic acids is 1. The molecule has 1 amide bonds. The van der Waals surface area contributed by atoms with Gasteiger partial charge in [0.1, 0.15) is 5.82 Å². The van der Waals surface area contributed by atoms with Crippen LogP contribution in [0.1, 0.15) is 23.2 Å². The summed E-state index contributed by atoms with van der Waals surface area (Å²) in [6.07, 6.45) is 2.43. The quantitative estimate of drug-likeness (QED) is 0.909. The minimum absolute atomic E-state index is 0.0000680. The third-order valence-electron chi connectivity index (χ3n) is 4.07. The van der Waals surface area contributed by atoms with E-state index < -0.39 is 5.82 Å². The van der Waals surface area contributed by atoms with Gasteiger partial charge in [0.25, 0.3) is 5.91 Å². The van der Waals surface area contributed by atoms with E-state index >= 15 is 0 Å². The predicted molar refractivity (Wildman–Crippen MR) is 73.1 cm³/mol. The van der Waals surface area contributed by atoms with Crippen molar-refractivity contribution >= 4 is 5.91 Å². The zero-order valence-electron chi connectivity index (χ0n) is 11.3. The number of amides is 1. The summed E-state index contributed by atoms with van der Waals surface area (Å²) in [4.78, 5) is 14.3. The number of halogens is 1. The van der Waals surface area contributed by atoms with Crippen LogP contribution in [0.4, 0.5) is 4.39 Å². The number of carbonyl (C=O) groups is 1. The van der Waals surface area contributed by atoms with Crippen LogP contribution >= 0.6 is 0 Å². The van der Waals surface area contributed by atoms with Gasteiger partial charge in [0.05, 0.1) is 18.3 Å². The van der Waals surface area contributed by atoms with Gasteiger partial charge in [0.2, 0.25) is 0 Å². The molecule has 2 aliphatic heterocycles. The van der Waals surface area contributed by atoms with Crippen molar-refractivity contribution in [1.29, 1.82) is 0 Å². The molecule has 2 saturated heterocycles. The Labute approximate surface area is 117 Å². The molecule has 2 heterocycles. The molecule has 1 aromatic carbocycles. The molecule has 0 radical (unpaired) electrons. The molecule has 4 nitrogen and oxygen atoms in total. The van der Waals surface area contributed by atoms with E-state index in [1.54, 1.807) is 12.1 Å². The Hall–Kier alpha value is -1.46. The minimum Gasteiger partial charge on any atom is -0.373 e. The Kier molecular flexibility index (Phi) is 3.98. The summed E-state index contributed by atoms with van der Waals surface area (Å²) in [6, 6.07) is 6.56. The van der Waals surface area contributed by atoms with Crippen LogP contribution in [-0.4, -0.2) is 49.2 Å². The summed E-state index contributed by atoms with van der Waals surface area (Å²) in [6.45, 7) is 3.13. The van der Waals surface area contributed by atoms with Crippen LogP contribution in [0.3, 0.4) is 0 Å². The van der Waals surface area contributed by atoms with Gasteiger partial charge in [-0.25, -0.2) is 4.39 Å². The lowest BCUT2D eigenvalue weighted by Gasteiger charge is -2.35. The molecule has 0 aromatic heterocycles. The molecule has 0 bridgehead atoms. The van der Waals surface area contributed by atoms with Crippen molar-refractivity contribution in [2.45, 2.75) is 25.0 Å². The van der Waals surface area contributed by atoms with Gasteiger partial charge in [-0.3, -0.25) is 9.69 Å². The Bertz CT molecular complexity index is 495. The molecule has 5 heteroatoms. The van der Waals surface area contributed by atoms with Gasteiger partial charge in [-0.05, 0) is 31.5 Å². The lowest BCUT2D eigenvalue weighted by molar-refractivity contribution is -0.0462. The summed E-state index contributed by atoms with van der Waals surface area (Å²) in [5.74, 6) is -0.871. The molecule has 1 N–H and O–H groups in total. The molecule has 20 heavy (non-hydrogen) atoms. The van der Waals surface area contributed by atoms with Gasteiger partial charge in [-0.15, -0.1) is 0 Å². The monoisotopic (exact) mass is 278 g/mol. The molecule has 2 atom stereocenters. The van der Waals surface area contributed by atoms with Gasteiger partial charge in [0, 0.05) is 19.1 Å². The Morgan fingerprint density at radius 3 is 3.15 bits per heavy atom. The van der Waals surface area contributed by atoms with Crippen LogP contribution in [0.5, 0.6) is 0 Å². The Morgan fingerprint density at radius 1 is 1.45 bits per heavy atom. The van der Waals surface area contributed by atoms with E-state index in [2.05, 4.69) is 10.2 Å². The lowest BCUT2D eigenvalue weighted by atomic mass is 10.1. The van der Waals surface area contributed by atoms with Crippen LogP contribution in [0.15, 0.2) is 24.3 Å². The molecule has 2 aliphatic rings. The smallest absolute Gasteiger partial charge is 0.254 e. The predicted octanol–water partition coefficient (Wildman–Crippen LogP) is 1.42. The topological polar surface area (TPSA) is 41.6 Å². The highest BCUT2D eigenvalue weighted by Gasteiger charge is 2.32. The average Bonchev–Trinajstić information content (AvgIpc) is 2.92. The third-order valence-corrected chi connectivity index (χ3v) is 4.07. The number of morpholine rings is 1. The van der Waals surface area contributed by atoms with Crippen LogP contribution in [0.2, 0.25) is 0 Å². The maximum absolute atomic E-state index is 13.5. The second-order valence-electron chi connectivity index (χ2n) is 5.44. The normalized spacial score (nSPS) is 26.2. The highest BCUT2D eigenvalue weighted by molar-refractivity contribution is 5.94. The second kappa shape index (κ2) is 5.89. The first-order chi connectivity index (χ1) is 9.74. The Morgan fingerprint density at radius 2 is 2.30 bits per heavy atom. The molecule has 108 valence electrons. The van der Waals surface area contributed by atoms with Crippen molar-refractivity contribution in [1.82, 2.24) is 10.2 Å². The molecule has 2 unspecified atom stereocenters. The summed E-state index contributed by atoms with van der Waals surface area (Å²) >= 11 is 0. The standard InChI is InChI=1S/C15H19FN2O2/c16-14-6-2-1-5-13(14)15(19)17-8-12-9-18-7-3-4-11(18)10-20-12/h1-2,5-6,11-12H,3-4,7-10H2,(H,17,19). The van der Waals surface area contributed by atoms with E-state index in [0.29, 0.717) is 12.6 Å². The molecule has 0 saturated carbocycles. The second-order valence-corrected chi connectivity index (χ2v) is 5.44. The number of hydrogen-bond acceptors (Lipinski definition) is 3. The maximum atomic E-state index is 13.5. The molecule has 0 spiro atoms. The van der Waals surface area contributed by atoms with E-state index in [4.69, 9.17) is 4.74 Å². The number of nitrogens with one attached hydrogen (secondary N) is 1. The largest absolute Gasteiger partial charge is 0.373 e. The molecular weight excluding hydrogens is 259 g/mol. The highest BCUT2D eigenvalue weighted by atomic mass is 19.1. The summed E-state index contributed by atoms with van der Waals surface area (Å²) in [5, 5.41) is 2.76. The van der Waals surface area contributed by atoms with Crippen molar-refractivity contribution in [2.24, 2.45) is 0 Å². The molecule has 2 fully saturated rings. The fourth-order valence-electron chi connectivity index (χ4n) is 2.96. The van der Waals surface area contributed by atoms with E-state index in [0.717, 1.165) is 19.7 Å². The van der Waals surface area contributed by atoms with Gasteiger partial charge in [0.15, 0.2) is 0 Å². The van der Waals surface area contributed by atoms with E-state index in [-0.39, 0.29) is 17.6 Å². The van der Waals surface area contributed by atoms with Crippen LogP contribution in [-0.2, 0) is 4.74 Å². The first kappa shape index (κ1) is 13.5. The maximum Gasteiger partial charge on any atom is 0.254 e. The van der Waals surface area contributed by atoms with Crippen molar-refractivity contribution in [3.8, 4) is 0 Å². The number of rotatable bonds is 3. The van der Waals surface area contributed by atoms with Gasteiger partial charge in [-0.2, -0.15) is 0 Å². The molecule has 1 aromatic rings. The third kappa shape index (κ3) is 2.83. The fraction of sp³-hybridized carbons (Fsp3) is 0.533. The van der Waals surface area contributed by atoms with Gasteiger partial charge < -0.3 is 10.1 Å². The SMILES string of the molecule is O=C(NCC1CN2CCCC2CO1)c1ccccc1F. The number of nitrogens with zero attached hydrogens (tertiary/aromatic N) is 1. The van der Waals surface area contributed by atoms with Crippen molar-refractivity contribution in [3.05, 3.63) is 35.6 Å².